The van der Waals surface area contributed by atoms with Gasteiger partial charge in [0.2, 0.25) is 11.8 Å². The SMILES string of the molecule is NC(=O)C1C2C(=O)OC(c3ccccc3)C(c3ccccc3)N2C(c2cccc(OCCO)c2)C12C(=O)Nc1ccc(C#CC3=CCCCC3)cc12. The first-order valence-corrected chi connectivity index (χ1v) is 17.8. The van der Waals surface area contributed by atoms with E-state index in [1.807, 2.05) is 102 Å². The highest BCUT2D eigenvalue weighted by Crippen LogP contribution is 2.64. The molecule has 0 saturated carbocycles. The number of morpholine rings is 1. The number of aliphatic hydroxyl groups is 1. The molecule has 6 unspecified atom stereocenters. The number of ether oxygens (including phenoxy) is 2. The molecule has 4 aromatic carbocycles. The van der Waals surface area contributed by atoms with Crippen LogP contribution in [-0.2, 0) is 24.5 Å². The molecule has 0 bridgehead atoms. The Morgan fingerprint density at radius 2 is 1.65 bits per heavy atom. The number of hydrogen-bond donors (Lipinski definition) is 3. The molecule has 1 aliphatic carbocycles. The summed E-state index contributed by atoms with van der Waals surface area (Å²) < 4.78 is 12.2. The minimum absolute atomic E-state index is 0.0618. The first-order chi connectivity index (χ1) is 25.4. The highest BCUT2D eigenvalue weighted by molar-refractivity contribution is 6.12. The minimum Gasteiger partial charge on any atom is -0.491 e. The summed E-state index contributed by atoms with van der Waals surface area (Å²) in [4.78, 5) is 45.5. The lowest BCUT2D eigenvalue weighted by molar-refractivity contribution is -0.178. The topological polar surface area (TPSA) is 131 Å². The van der Waals surface area contributed by atoms with Crippen LogP contribution in [0.1, 0.15) is 71.7 Å². The van der Waals surface area contributed by atoms with Crippen molar-refractivity contribution in [2.45, 2.75) is 55.3 Å². The van der Waals surface area contributed by atoms with Crippen molar-refractivity contribution in [2.75, 3.05) is 18.5 Å². The average molecular weight is 694 g/mol. The lowest BCUT2D eigenvalue weighted by atomic mass is 9.65. The molecule has 0 radical (unpaired) electrons. The number of hydrogen-bond acceptors (Lipinski definition) is 7. The normalized spacial score (nSPS) is 26.3. The van der Waals surface area contributed by atoms with Gasteiger partial charge in [0.25, 0.3) is 0 Å². The van der Waals surface area contributed by atoms with E-state index >= 15 is 0 Å². The van der Waals surface area contributed by atoms with E-state index < -0.39 is 53.3 Å². The Balaban J connectivity index is 1.40. The highest BCUT2D eigenvalue weighted by atomic mass is 16.6. The number of amides is 2. The summed E-state index contributed by atoms with van der Waals surface area (Å²) in [7, 11) is 0. The maximum atomic E-state index is 15.0. The van der Waals surface area contributed by atoms with Crippen molar-refractivity contribution < 1.29 is 29.0 Å². The lowest BCUT2D eigenvalue weighted by Crippen LogP contribution is -2.53. The Hall–Kier alpha value is -5.69. The summed E-state index contributed by atoms with van der Waals surface area (Å²) in [6, 6.07) is 29.3. The monoisotopic (exact) mass is 693 g/mol. The van der Waals surface area contributed by atoms with Gasteiger partial charge in [-0.3, -0.25) is 19.3 Å². The molecule has 9 heteroatoms. The summed E-state index contributed by atoms with van der Waals surface area (Å²) in [6.07, 6.45) is 5.56. The second kappa shape index (κ2) is 13.8. The number of carbonyl (C=O) groups is 3. The molecular weight excluding hydrogens is 654 g/mol. The van der Waals surface area contributed by atoms with Gasteiger partial charge in [-0.05, 0) is 83.8 Å². The molecule has 262 valence electrons. The summed E-state index contributed by atoms with van der Waals surface area (Å²) >= 11 is 0. The van der Waals surface area contributed by atoms with Gasteiger partial charge >= 0.3 is 5.97 Å². The largest absolute Gasteiger partial charge is 0.491 e. The van der Waals surface area contributed by atoms with Crippen molar-refractivity contribution in [3.8, 4) is 17.6 Å². The maximum Gasteiger partial charge on any atom is 0.324 e. The third-order valence-corrected chi connectivity index (χ3v) is 10.8. The maximum absolute atomic E-state index is 15.0. The van der Waals surface area contributed by atoms with Crippen LogP contribution in [-0.4, -0.2) is 47.0 Å². The van der Waals surface area contributed by atoms with Gasteiger partial charge in [-0.1, -0.05) is 90.7 Å². The Bertz CT molecular complexity index is 2120. The third kappa shape index (κ3) is 5.56. The van der Waals surface area contributed by atoms with Crippen molar-refractivity contribution in [1.82, 2.24) is 4.90 Å². The quantitative estimate of drug-likeness (QED) is 0.168. The van der Waals surface area contributed by atoms with Gasteiger partial charge in [-0.2, -0.15) is 0 Å². The smallest absolute Gasteiger partial charge is 0.324 e. The van der Waals surface area contributed by atoms with Crippen LogP contribution < -0.4 is 15.8 Å². The molecule has 2 fully saturated rings. The van der Waals surface area contributed by atoms with Crippen LogP contribution in [0.4, 0.5) is 5.69 Å². The zero-order valence-corrected chi connectivity index (χ0v) is 28.5. The molecule has 8 rings (SSSR count). The summed E-state index contributed by atoms with van der Waals surface area (Å²) in [5, 5.41) is 12.6. The fraction of sp³-hybridized carbons (Fsp3) is 0.279. The Labute approximate surface area is 302 Å². The number of carbonyl (C=O) groups excluding carboxylic acids is 3. The standard InChI is InChI=1S/C43H39N3O6/c44-40(48)35-37-41(49)52-38(30-15-8-3-9-16-30)36(29-13-6-2-7-14-29)46(37)39(31-17-10-18-32(26-31)51-24-23-47)43(35)33-25-28(21-22-34(33)45-42(43)50)20-19-27-11-4-1-5-12-27/h2-3,6-11,13-18,21-22,25-26,35-39,47H,1,4-5,12,23-24H2,(H2,44,48)(H,45,50). The molecule has 2 saturated heterocycles. The second-order valence-corrected chi connectivity index (χ2v) is 13.8. The zero-order chi connectivity index (χ0) is 35.8. The molecule has 4 N–H and O–H groups in total. The first kappa shape index (κ1) is 33.5. The number of primary amides is 1. The van der Waals surface area contributed by atoms with Crippen LogP contribution in [0.15, 0.2) is 115 Å². The van der Waals surface area contributed by atoms with Gasteiger partial charge in [-0.15, -0.1) is 0 Å². The van der Waals surface area contributed by atoms with E-state index in [2.05, 4.69) is 23.2 Å². The van der Waals surface area contributed by atoms with Gasteiger partial charge in [0, 0.05) is 11.3 Å². The zero-order valence-electron chi connectivity index (χ0n) is 28.5. The summed E-state index contributed by atoms with van der Waals surface area (Å²) in [5.41, 5.74) is 9.77. The number of nitrogens with one attached hydrogen (secondary N) is 1. The fourth-order valence-electron chi connectivity index (χ4n) is 8.74. The number of aliphatic hydroxyl groups excluding tert-OH is 1. The van der Waals surface area contributed by atoms with E-state index in [0.29, 0.717) is 28.1 Å². The number of esters is 1. The second-order valence-electron chi connectivity index (χ2n) is 13.8. The van der Waals surface area contributed by atoms with Crippen molar-refractivity contribution in [3.05, 3.63) is 143 Å². The Kier molecular flexibility index (Phi) is 8.87. The van der Waals surface area contributed by atoms with Crippen LogP contribution >= 0.6 is 0 Å². The molecule has 9 nitrogen and oxygen atoms in total. The van der Waals surface area contributed by atoms with Gasteiger partial charge < -0.3 is 25.6 Å². The van der Waals surface area contributed by atoms with E-state index in [9.17, 15) is 19.5 Å². The molecular formula is C43H39N3O6. The number of fused-ring (bicyclic) bond motifs is 3. The van der Waals surface area contributed by atoms with Crippen molar-refractivity contribution >= 4 is 23.5 Å². The number of allylic oxidation sites excluding steroid dienone is 2. The molecule has 0 aromatic heterocycles. The van der Waals surface area contributed by atoms with Gasteiger partial charge in [0.05, 0.1) is 24.6 Å². The summed E-state index contributed by atoms with van der Waals surface area (Å²) in [6.45, 7) is -0.126. The fourth-order valence-corrected chi connectivity index (χ4v) is 8.74. The third-order valence-electron chi connectivity index (χ3n) is 10.8. The molecule has 4 aliphatic rings. The first-order valence-electron chi connectivity index (χ1n) is 17.8. The van der Waals surface area contributed by atoms with E-state index in [1.165, 1.54) is 0 Å². The van der Waals surface area contributed by atoms with Crippen LogP contribution in [0.2, 0.25) is 0 Å². The molecule has 3 heterocycles. The predicted octanol–water partition coefficient (Wildman–Crippen LogP) is 5.67. The van der Waals surface area contributed by atoms with E-state index in [1.54, 1.807) is 6.07 Å². The molecule has 1 spiro atoms. The number of benzene rings is 4. The van der Waals surface area contributed by atoms with Crippen molar-refractivity contribution in [3.63, 3.8) is 0 Å². The summed E-state index contributed by atoms with van der Waals surface area (Å²) in [5.74, 6) is 3.91. The lowest BCUT2D eigenvalue weighted by Gasteiger charge is -2.46. The number of nitrogens with two attached hydrogens (primary N) is 1. The van der Waals surface area contributed by atoms with Crippen LogP contribution in [0.3, 0.4) is 0 Å². The Morgan fingerprint density at radius 3 is 2.37 bits per heavy atom. The van der Waals surface area contributed by atoms with Crippen LogP contribution in [0.25, 0.3) is 0 Å². The number of rotatable bonds is 7. The molecule has 52 heavy (non-hydrogen) atoms. The van der Waals surface area contributed by atoms with Crippen LogP contribution in [0.5, 0.6) is 5.75 Å². The number of anilines is 1. The highest BCUT2D eigenvalue weighted by Gasteiger charge is 2.73. The molecule has 2 amide bonds. The van der Waals surface area contributed by atoms with E-state index in [0.717, 1.165) is 42.4 Å². The average Bonchev–Trinajstić information content (AvgIpc) is 3.66. The predicted molar refractivity (Wildman–Crippen MR) is 195 cm³/mol. The van der Waals surface area contributed by atoms with Gasteiger partial charge in [-0.25, -0.2) is 0 Å². The Morgan fingerprint density at radius 1 is 0.904 bits per heavy atom. The number of cyclic esters (lactones) is 1. The molecule has 4 aromatic rings. The number of nitrogens with zero attached hydrogens (tertiary/aromatic N) is 1. The van der Waals surface area contributed by atoms with Crippen LogP contribution in [0, 0.1) is 17.8 Å². The minimum atomic E-state index is -1.67. The molecule has 3 aliphatic heterocycles. The van der Waals surface area contributed by atoms with Crippen molar-refractivity contribution in [1.29, 1.82) is 0 Å². The van der Waals surface area contributed by atoms with Crippen molar-refractivity contribution in [2.24, 2.45) is 11.7 Å². The van der Waals surface area contributed by atoms with E-state index in [4.69, 9.17) is 15.2 Å². The van der Waals surface area contributed by atoms with E-state index in [-0.39, 0.29) is 13.2 Å². The van der Waals surface area contributed by atoms with Gasteiger partial charge in [0.1, 0.15) is 29.9 Å². The van der Waals surface area contributed by atoms with Gasteiger partial charge in [0.15, 0.2) is 0 Å². The molecule has 6 atom stereocenters.